The number of para-hydroxylation sites is 1. The Hall–Kier alpha value is -1.34. The molecule has 0 N–H and O–H groups in total. The molecular formula is C16H17N3OS2. The number of thiazole rings is 2. The lowest BCUT2D eigenvalue weighted by Gasteiger charge is -2.31. The van der Waals surface area contributed by atoms with E-state index in [0.717, 1.165) is 42.5 Å². The molecule has 3 aromatic rings. The molecule has 2 aromatic heterocycles. The van der Waals surface area contributed by atoms with E-state index >= 15 is 0 Å². The number of morpholine rings is 1. The van der Waals surface area contributed by atoms with Crippen LogP contribution in [-0.4, -0.2) is 34.6 Å². The first-order valence-corrected chi connectivity index (χ1v) is 9.08. The van der Waals surface area contributed by atoms with Crippen LogP contribution in [0, 0.1) is 6.92 Å². The first kappa shape index (κ1) is 14.3. The van der Waals surface area contributed by atoms with Crippen molar-refractivity contribution < 1.29 is 4.74 Å². The van der Waals surface area contributed by atoms with Gasteiger partial charge >= 0.3 is 0 Å². The highest BCUT2D eigenvalue weighted by molar-refractivity contribution is 7.18. The minimum atomic E-state index is 0.0989. The third-order valence-electron chi connectivity index (χ3n) is 3.76. The molecule has 3 heterocycles. The number of aryl methyl sites for hydroxylation is 1. The van der Waals surface area contributed by atoms with Crippen LogP contribution in [0.4, 0.5) is 0 Å². The van der Waals surface area contributed by atoms with Crippen LogP contribution in [0.3, 0.4) is 0 Å². The van der Waals surface area contributed by atoms with Crippen molar-refractivity contribution in [3.63, 3.8) is 0 Å². The molecule has 0 bridgehead atoms. The summed E-state index contributed by atoms with van der Waals surface area (Å²) in [6.07, 6.45) is 0.0989. The second-order valence-corrected chi connectivity index (χ2v) is 7.50. The molecule has 0 amide bonds. The second kappa shape index (κ2) is 6.04. The molecule has 22 heavy (non-hydrogen) atoms. The quantitative estimate of drug-likeness (QED) is 0.734. The number of fused-ring (bicyclic) bond motifs is 1. The number of nitrogens with zero attached hydrogens (tertiary/aromatic N) is 3. The van der Waals surface area contributed by atoms with Crippen LogP contribution < -0.4 is 0 Å². The normalized spacial score (nSPS) is 19.8. The summed E-state index contributed by atoms with van der Waals surface area (Å²) in [6.45, 7) is 5.53. The molecule has 1 saturated heterocycles. The molecule has 1 aliphatic rings. The predicted octanol–water partition coefficient (Wildman–Crippen LogP) is 3.63. The monoisotopic (exact) mass is 331 g/mol. The van der Waals surface area contributed by atoms with Gasteiger partial charge in [0.15, 0.2) is 0 Å². The number of hydrogen-bond acceptors (Lipinski definition) is 6. The number of benzene rings is 1. The zero-order valence-electron chi connectivity index (χ0n) is 12.4. The average Bonchev–Trinajstić information content (AvgIpc) is 3.13. The van der Waals surface area contributed by atoms with Gasteiger partial charge in [-0.15, -0.1) is 22.7 Å². The van der Waals surface area contributed by atoms with Gasteiger partial charge in [0.25, 0.3) is 0 Å². The minimum Gasteiger partial charge on any atom is -0.368 e. The van der Waals surface area contributed by atoms with E-state index in [1.807, 2.05) is 13.0 Å². The summed E-state index contributed by atoms with van der Waals surface area (Å²) in [7, 11) is 0. The van der Waals surface area contributed by atoms with Crippen LogP contribution in [0.15, 0.2) is 29.6 Å². The zero-order chi connectivity index (χ0) is 14.9. The Labute approximate surface area is 137 Å². The van der Waals surface area contributed by atoms with E-state index in [1.165, 1.54) is 9.71 Å². The molecule has 4 rings (SSSR count). The van der Waals surface area contributed by atoms with E-state index in [0.29, 0.717) is 0 Å². The Balaban J connectivity index is 1.48. The molecular weight excluding hydrogens is 314 g/mol. The van der Waals surface area contributed by atoms with Gasteiger partial charge in [-0.1, -0.05) is 12.1 Å². The largest absolute Gasteiger partial charge is 0.368 e. The van der Waals surface area contributed by atoms with E-state index in [-0.39, 0.29) is 6.10 Å². The number of hydrogen-bond donors (Lipinski definition) is 0. The van der Waals surface area contributed by atoms with Gasteiger partial charge in [0.1, 0.15) is 16.1 Å². The molecule has 1 fully saturated rings. The fourth-order valence-corrected chi connectivity index (χ4v) is 4.54. The lowest BCUT2D eigenvalue weighted by Crippen LogP contribution is -2.37. The zero-order valence-corrected chi connectivity index (χ0v) is 14.0. The van der Waals surface area contributed by atoms with Gasteiger partial charge in [0.2, 0.25) is 0 Å². The highest BCUT2D eigenvalue weighted by atomic mass is 32.1. The van der Waals surface area contributed by atoms with Gasteiger partial charge in [-0.2, -0.15) is 0 Å². The Kier molecular flexibility index (Phi) is 3.92. The first-order valence-electron chi connectivity index (χ1n) is 7.38. The molecule has 6 heteroatoms. The maximum absolute atomic E-state index is 5.89. The third kappa shape index (κ3) is 2.92. The molecule has 4 nitrogen and oxygen atoms in total. The van der Waals surface area contributed by atoms with Crippen LogP contribution >= 0.6 is 22.7 Å². The van der Waals surface area contributed by atoms with Crippen LogP contribution in [0.2, 0.25) is 0 Å². The Morgan fingerprint density at radius 2 is 2.23 bits per heavy atom. The van der Waals surface area contributed by atoms with E-state index in [2.05, 4.69) is 33.5 Å². The fourth-order valence-electron chi connectivity index (χ4n) is 2.69. The van der Waals surface area contributed by atoms with Gasteiger partial charge in [-0.3, -0.25) is 4.90 Å². The first-order chi connectivity index (χ1) is 10.8. The second-order valence-electron chi connectivity index (χ2n) is 5.50. The van der Waals surface area contributed by atoms with E-state index in [9.17, 15) is 0 Å². The van der Waals surface area contributed by atoms with Gasteiger partial charge < -0.3 is 4.74 Å². The molecule has 114 valence electrons. The van der Waals surface area contributed by atoms with Crippen LogP contribution in [-0.2, 0) is 11.3 Å². The summed E-state index contributed by atoms with van der Waals surface area (Å²) >= 11 is 3.48. The minimum absolute atomic E-state index is 0.0989. The topological polar surface area (TPSA) is 38.2 Å². The molecule has 0 radical (unpaired) electrons. The Bertz CT molecular complexity index is 749. The smallest absolute Gasteiger partial charge is 0.123 e. The van der Waals surface area contributed by atoms with E-state index < -0.39 is 0 Å². The Morgan fingerprint density at radius 3 is 3.05 bits per heavy atom. The van der Waals surface area contributed by atoms with Crippen LogP contribution in [0.5, 0.6) is 0 Å². The third-order valence-corrected chi connectivity index (χ3v) is 5.84. The maximum atomic E-state index is 5.89. The summed E-state index contributed by atoms with van der Waals surface area (Å²) in [5, 5.41) is 4.36. The van der Waals surface area contributed by atoms with Crippen molar-refractivity contribution in [2.24, 2.45) is 0 Å². The standard InChI is InChI=1S/C16H17N3OS2/c1-11-10-21-16(17-11)13-8-19(6-7-20-13)9-15-18-12-4-2-3-5-14(12)22-15/h2-5,10,13H,6-9H2,1H3. The highest BCUT2D eigenvalue weighted by Crippen LogP contribution is 2.27. The summed E-state index contributed by atoms with van der Waals surface area (Å²) in [4.78, 5) is 11.7. The summed E-state index contributed by atoms with van der Waals surface area (Å²) in [6, 6.07) is 8.33. The van der Waals surface area contributed by atoms with Crippen molar-refractivity contribution in [1.29, 1.82) is 0 Å². The number of rotatable bonds is 3. The molecule has 0 aliphatic carbocycles. The van der Waals surface area contributed by atoms with Gasteiger partial charge in [-0.05, 0) is 19.1 Å². The Morgan fingerprint density at radius 1 is 1.32 bits per heavy atom. The average molecular weight is 331 g/mol. The van der Waals surface area contributed by atoms with Crippen molar-refractivity contribution >= 4 is 32.9 Å². The van der Waals surface area contributed by atoms with E-state index in [1.54, 1.807) is 22.7 Å². The van der Waals surface area contributed by atoms with Crippen molar-refractivity contribution in [3.05, 3.63) is 45.4 Å². The molecule has 1 atom stereocenters. The van der Waals surface area contributed by atoms with Crippen LogP contribution in [0.25, 0.3) is 10.2 Å². The van der Waals surface area contributed by atoms with Crippen molar-refractivity contribution in [3.8, 4) is 0 Å². The predicted molar refractivity (Wildman–Crippen MR) is 90.4 cm³/mol. The van der Waals surface area contributed by atoms with E-state index in [4.69, 9.17) is 9.72 Å². The maximum Gasteiger partial charge on any atom is 0.123 e. The van der Waals surface area contributed by atoms with Gasteiger partial charge in [-0.25, -0.2) is 9.97 Å². The molecule has 0 saturated carbocycles. The number of aromatic nitrogens is 2. The lowest BCUT2D eigenvalue weighted by atomic mass is 10.3. The lowest BCUT2D eigenvalue weighted by molar-refractivity contribution is -0.0330. The van der Waals surface area contributed by atoms with Crippen molar-refractivity contribution in [2.45, 2.75) is 19.6 Å². The highest BCUT2D eigenvalue weighted by Gasteiger charge is 2.24. The summed E-state index contributed by atoms with van der Waals surface area (Å²) < 4.78 is 7.16. The van der Waals surface area contributed by atoms with Crippen LogP contribution in [0.1, 0.15) is 21.8 Å². The van der Waals surface area contributed by atoms with Crippen molar-refractivity contribution in [1.82, 2.24) is 14.9 Å². The molecule has 1 unspecified atom stereocenters. The molecule has 1 aromatic carbocycles. The van der Waals surface area contributed by atoms with Crippen molar-refractivity contribution in [2.75, 3.05) is 19.7 Å². The summed E-state index contributed by atoms with van der Waals surface area (Å²) in [5.41, 5.74) is 2.18. The number of ether oxygens (including phenoxy) is 1. The SMILES string of the molecule is Cc1csc(C2CN(Cc3nc4ccccc4s3)CCO2)n1. The molecule has 0 spiro atoms. The summed E-state index contributed by atoms with van der Waals surface area (Å²) in [5.74, 6) is 0. The molecule has 1 aliphatic heterocycles. The van der Waals surface area contributed by atoms with Gasteiger partial charge in [0, 0.05) is 24.2 Å². The fraction of sp³-hybridized carbons (Fsp3) is 0.375. The van der Waals surface area contributed by atoms with Gasteiger partial charge in [0.05, 0.1) is 23.4 Å².